The van der Waals surface area contributed by atoms with Gasteiger partial charge in [-0.3, -0.25) is 14.4 Å². The van der Waals surface area contributed by atoms with Gasteiger partial charge in [0.15, 0.2) is 0 Å². The summed E-state index contributed by atoms with van der Waals surface area (Å²) in [6.45, 7) is 18.2. The Morgan fingerprint density at radius 2 is 1.38 bits per heavy atom. The molecule has 0 amide bonds. The fourth-order valence-corrected chi connectivity index (χ4v) is 11.6. The van der Waals surface area contributed by atoms with Crippen molar-refractivity contribution in [3.05, 3.63) is 10.4 Å². The molecule has 0 aliphatic heterocycles. The van der Waals surface area contributed by atoms with Gasteiger partial charge in [0.2, 0.25) is 0 Å². The lowest BCUT2D eigenvalue weighted by Crippen LogP contribution is -2.49. The molecule has 0 N–H and O–H groups in total. The normalized spacial score (nSPS) is 15.8. The van der Waals surface area contributed by atoms with E-state index >= 15 is 0 Å². The summed E-state index contributed by atoms with van der Waals surface area (Å²) in [6.07, 6.45) is -3.01. The van der Waals surface area contributed by atoms with Crippen molar-refractivity contribution < 1.29 is 33.3 Å². The van der Waals surface area contributed by atoms with Crippen LogP contribution in [0.3, 0.4) is 0 Å². The standard InChI is InChI=1S/C22H41N3O7S2/c1-13(2)34(14(3)4,15(5)6)33-12-30-20(11-29-17(8)26)22(32-19(10)28)21(24-25-23)16(7)31-18(9)27/h13-16,20-22H,11-12H2,1-10H3/t16-,20+,21?,22?/m0/s1. The second-order valence-electron chi connectivity index (χ2n) is 8.67. The van der Waals surface area contributed by atoms with Crippen LogP contribution >= 0.6 is 19.9 Å². The molecule has 0 aromatic rings. The van der Waals surface area contributed by atoms with Gasteiger partial charge in [-0.15, -0.1) is 0 Å². The van der Waals surface area contributed by atoms with Gasteiger partial charge in [-0.05, 0) is 28.2 Å². The third kappa shape index (κ3) is 9.93. The van der Waals surface area contributed by atoms with E-state index in [0.29, 0.717) is 15.7 Å². The number of rotatable bonds is 15. The van der Waals surface area contributed by atoms with Crippen molar-refractivity contribution >= 4 is 37.8 Å². The molecule has 198 valence electrons. The Balaban J connectivity index is 6.09. The van der Waals surface area contributed by atoms with E-state index in [-0.39, 0.29) is 12.5 Å². The minimum Gasteiger partial charge on any atom is -0.463 e. The van der Waals surface area contributed by atoms with Crippen molar-refractivity contribution in [2.75, 3.05) is 12.5 Å². The van der Waals surface area contributed by atoms with Crippen LogP contribution in [0.25, 0.3) is 10.4 Å². The molecule has 0 aliphatic carbocycles. The fourth-order valence-electron chi connectivity index (χ4n) is 4.05. The zero-order valence-electron chi connectivity index (χ0n) is 22.0. The number of carbonyl (C=O) groups excluding carboxylic acids is 3. The molecule has 12 heteroatoms. The zero-order chi connectivity index (χ0) is 26.6. The van der Waals surface area contributed by atoms with E-state index in [0.717, 1.165) is 0 Å². The van der Waals surface area contributed by atoms with Gasteiger partial charge >= 0.3 is 17.9 Å². The monoisotopic (exact) mass is 523 g/mol. The molecule has 34 heavy (non-hydrogen) atoms. The van der Waals surface area contributed by atoms with Gasteiger partial charge in [-0.2, -0.15) is 9.06 Å². The SMILES string of the molecule is CC(=O)OC[C@@H](OCSS(C(C)C)(C(C)C)C(C)C)C(OC(C)=O)C(N=[N+]=[N-])[C@H](C)OC(C)=O. The van der Waals surface area contributed by atoms with E-state index < -0.39 is 51.3 Å². The first-order valence-electron chi connectivity index (χ1n) is 11.3. The maximum Gasteiger partial charge on any atom is 0.303 e. The molecule has 0 heterocycles. The Labute approximate surface area is 208 Å². The Hall–Kier alpha value is -1.62. The fraction of sp³-hybridized carbons (Fsp3) is 0.864. The van der Waals surface area contributed by atoms with Crippen LogP contribution in [0.5, 0.6) is 0 Å². The Bertz CT molecular complexity index is 706. The van der Waals surface area contributed by atoms with Crippen molar-refractivity contribution in [3.63, 3.8) is 0 Å². The number of azide groups is 1. The highest BCUT2D eigenvalue weighted by Crippen LogP contribution is 2.69. The molecule has 0 aromatic carbocycles. The van der Waals surface area contributed by atoms with Crippen molar-refractivity contribution in [3.8, 4) is 0 Å². The van der Waals surface area contributed by atoms with Crippen molar-refractivity contribution in [2.24, 2.45) is 5.11 Å². The summed E-state index contributed by atoms with van der Waals surface area (Å²) in [4.78, 5) is 37.8. The first-order valence-corrected chi connectivity index (χ1v) is 14.6. The number of nitrogens with zero attached hydrogens (tertiary/aromatic N) is 3. The van der Waals surface area contributed by atoms with Gasteiger partial charge in [-0.1, -0.05) is 57.5 Å². The van der Waals surface area contributed by atoms with E-state index in [1.54, 1.807) is 10.8 Å². The smallest absolute Gasteiger partial charge is 0.303 e. The average Bonchev–Trinajstić information content (AvgIpc) is 2.68. The minimum atomic E-state index is -1.16. The molecular formula is C22H41N3O7S2. The topological polar surface area (TPSA) is 137 Å². The van der Waals surface area contributed by atoms with Crippen LogP contribution in [0.4, 0.5) is 0 Å². The minimum absolute atomic E-state index is 0.231. The van der Waals surface area contributed by atoms with Crippen LogP contribution in [-0.2, 0) is 33.3 Å². The first kappa shape index (κ1) is 32.4. The molecule has 4 atom stereocenters. The van der Waals surface area contributed by atoms with Crippen LogP contribution < -0.4 is 0 Å². The molecule has 0 aliphatic rings. The molecule has 0 saturated heterocycles. The summed E-state index contributed by atoms with van der Waals surface area (Å²) in [5, 5.41) is 5.01. The number of esters is 3. The lowest BCUT2D eigenvalue weighted by Gasteiger charge is -2.50. The quantitative estimate of drug-likeness (QED) is 0.0547. The van der Waals surface area contributed by atoms with Gasteiger partial charge in [0.25, 0.3) is 0 Å². The van der Waals surface area contributed by atoms with Crippen molar-refractivity contribution in [2.45, 2.75) is 109 Å². The predicted octanol–water partition coefficient (Wildman–Crippen LogP) is 5.13. The summed E-state index contributed by atoms with van der Waals surface area (Å²) in [5.74, 6) is -1.52. The van der Waals surface area contributed by atoms with Crippen LogP contribution in [0, 0.1) is 0 Å². The summed E-state index contributed by atoms with van der Waals surface area (Å²) in [7, 11) is 0.568. The summed E-state index contributed by atoms with van der Waals surface area (Å²) in [5.41, 5.74) is 9.12. The zero-order valence-corrected chi connectivity index (χ0v) is 23.6. The highest BCUT2D eigenvalue weighted by Gasteiger charge is 2.40. The average molecular weight is 524 g/mol. The second-order valence-corrected chi connectivity index (χ2v) is 15.8. The number of hydrogen-bond donors (Lipinski definition) is 0. The van der Waals surface area contributed by atoms with Crippen molar-refractivity contribution in [1.82, 2.24) is 0 Å². The highest BCUT2D eigenvalue weighted by molar-refractivity contribution is 8.94. The van der Waals surface area contributed by atoms with E-state index in [1.165, 1.54) is 27.7 Å². The molecular weight excluding hydrogens is 482 g/mol. The number of carbonyl (C=O) groups is 3. The Morgan fingerprint density at radius 1 is 0.882 bits per heavy atom. The third-order valence-electron chi connectivity index (χ3n) is 5.22. The van der Waals surface area contributed by atoms with Gasteiger partial charge in [-0.25, -0.2) is 0 Å². The van der Waals surface area contributed by atoms with E-state index in [2.05, 4.69) is 51.6 Å². The summed E-state index contributed by atoms with van der Waals surface area (Å²) in [6, 6.07) is -1.10. The van der Waals surface area contributed by atoms with Gasteiger partial charge in [0.05, 0.1) is 0 Å². The highest BCUT2D eigenvalue weighted by atomic mass is 33.2. The number of ether oxygens (including phenoxy) is 4. The predicted molar refractivity (Wildman–Crippen MR) is 137 cm³/mol. The Kier molecular flexibility index (Phi) is 14.7. The number of hydrogen-bond acceptors (Lipinski definition) is 9. The molecule has 0 aromatic heterocycles. The molecule has 0 radical (unpaired) electrons. The molecule has 0 rings (SSSR count). The second kappa shape index (κ2) is 15.4. The van der Waals surface area contributed by atoms with Gasteiger partial charge in [0, 0.05) is 25.7 Å². The lowest BCUT2D eigenvalue weighted by atomic mass is 10.0. The third-order valence-corrected chi connectivity index (χ3v) is 15.3. The van der Waals surface area contributed by atoms with Crippen LogP contribution in [0.15, 0.2) is 5.11 Å². The van der Waals surface area contributed by atoms with Crippen LogP contribution in [0.1, 0.15) is 69.2 Å². The molecule has 0 spiro atoms. The molecule has 0 bridgehead atoms. The van der Waals surface area contributed by atoms with Crippen molar-refractivity contribution in [1.29, 1.82) is 0 Å². The summed E-state index contributed by atoms with van der Waals surface area (Å²) >= 11 is 0. The molecule has 0 saturated carbocycles. The first-order chi connectivity index (χ1) is 15.7. The van der Waals surface area contributed by atoms with Gasteiger partial charge < -0.3 is 18.9 Å². The molecule has 10 nitrogen and oxygen atoms in total. The van der Waals surface area contributed by atoms with Crippen LogP contribution in [-0.4, -0.2) is 70.6 Å². The maximum atomic E-state index is 11.9. The maximum absolute atomic E-state index is 11.9. The van der Waals surface area contributed by atoms with E-state index in [1.807, 2.05) is 0 Å². The van der Waals surface area contributed by atoms with E-state index in [4.69, 9.17) is 24.5 Å². The van der Waals surface area contributed by atoms with Crippen LogP contribution in [0.2, 0.25) is 0 Å². The molecule has 0 fully saturated rings. The largest absolute Gasteiger partial charge is 0.463 e. The van der Waals surface area contributed by atoms with E-state index in [9.17, 15) is 14.4 Å². The summed E-state index contributed by atoms with van der Waals surface area (Å²) < 4.78 is 22.0. The Morgan fingerprint density at radius 3 is 1.76 bits per heavy atom. The molecule has 2 unspecified atom stereocenters. The lowest BCUT2D eigenvalue weighted by molar-refractivity contribution is -0.168. The van der Waals surface area contributed by atoms with Gasteiger partial charge in [0.1, 0.15) is 36.9 Å².